The van der Waals surface area contributed by atoms with Gasteiger partial charge in [0.2, 0.25) is 5.91 Å². The summed E-state index contributed by atoms with van der Waals surface area (Å²) in [7, 11) is 0.316. The lowest BCUT2D eigenvalue weighted by molar-refractivity contribution is -0.121. The van der Waals surface area contributed by atoms with E-state index in [2.05, 4.69) is 36.4 Å². The SMILES string of the molecule is COc1cccc(CNC(=O)CCC#C[Si](C)(C)C)c1. The number of carbonyl (C=O) groups excluding carboxylic acids is 1. The van der Waals surface area contributed by atoms with Gasteiger partial charge >= 0.3 is 0 Å². The number of amides is 1. The maximum absolute atomic E-state index is 11.7. The summed E-state index contributed by atoms with van der Waals surface area (Å²) in [6.07, 6.45) is 1.09. The highest BCUT2D eigenvalue weighted by Crippen LogP contribution is 2.12. The zero-order chi connectivity index (χ0) is 15.0. The van der Waals surface area contributed by atoms with Crippen LogP contribution in [0.1, 0.15) is 18.4 Å². The summed E-state index contributed by atoms with van der Waals surface area (Å²) in [6.45, 7) is 7.12. The number of nitrogens with one attached hydrogen (secondary N) is 1. The summed E-state index contributed by atoms with van der Waals surface area (Å²) in [5.74, 6) is 3.95. The first-order valence-electron chi connectivity index (χ1n) is 6.80. The molecule has 4 heteroatoms. The normalized spacial score (nSPS) is 10.4. The van der Waals surface area contributed by atoms with Crippen LogP contribution < -0.4 is 10.1 Å². The topological polar surface area (TPSA) is 38.3 Å². The van der Waals surface area contributed by atoms with Gasteiger partial charge in [0.05, 0.1) is 7.11 Å². The van der Waals surface area contributed by atoms with Gasteiger partial charge in [0.1, 0.15) is 13.8 Å². The number of hydrogen-bond donors (Lipinski definition) is 1. The van der Waals surface area contributed by atoms with Crippen molar-refractivity contribution >= 4 is 14.0 Å². The second-order valence-electron chi connectivity index (χ2n) is 5.68. The van der Waals surface area contributed by atoms with Crippen molar-refractivity contribution in [3.8, 4) is 17.2 Å². The Bertz CT molecular complexity index is 509. The number of carbonyl (C=O) groups is 1. The second-order valence-corrected chi connectivity index (χ2v) is 10.4. The average molecular weight is 289 g/mol. The van der Waals surface area contributed by atoms with E-state index in [9.17, 15) is 4.79 Å². The summed E-state index contributed by atoms with van der Waals surface area (Å²) < 4.78 is 5.15. The standard InChI is InChI=1S/C16H23NO2Si/c1-19-15-9-7-8-14(12-15)13-17-16(18)10-5-6-11-20(2,3)4/h7-9,12H,5,10,13H2,1-4H3,(H,17,18). The van der Waals surface area contributed by atoms with Crippen molar-refractivity contribution in [1.29, 1.82) is 0 Å². The molecule has 0 aliphatic carbocycles. The smallest absolute Gasteiger partial charge is 0.221 e. The Hall–Kier alpha value is -1.73. The molecular formula is C16H23NO2Si. The molecule has 0 heterocycles. The fourth-order valence-electron chi connectivity index (χ4n) is 1.58. The van der Waals surface area contributed by atoms with Crippen molar-refractivity contribution in [2.75, 3.05) is 7.11 Å². The first-order chi connectivity index (χ1) is 9.40. The summed E-state index contributed by atoms with van der Waals surface area (Å²) in [4.78, 5) is 11.7. The first kappa shape index (κ1) is 16.3. The number of ether oxygens (including phenoxy) is 1. The molecule has 0 fully saturated rings. The molecule has 1 aromatic carbocycles. The average Bonchev–Trinajstić information content (AvgIpc) is 2.40. The van der Waals surface area contributed by atoms with Crippen LogP contribution in [-0.2, 0) is 11.3 Å². The first-order valence-corrected chi connectivity index (χ1v) is 10.3. The van der Waals surface area contributed by atoms with Crippen LogP contribution in [0, 0.1) is 11.5 Å². The third-order valence-corrected chi connectivity index (χ3v) is 3.49. The van der Waals surface area contributed by atoms with E-state index in [-0.39, 0.29) is 5.91 Å². The van der Waals surface area contributed by atoms with E-state index >= 15 is 0 Å². The minimum atomic E-state index is -1.32. The van der Waals surface area contributed by atoms with Gasteiger partial charge in [0, 0.05) is 19.4 Å². The Kier molecular flexibility index (Phi) is 6.33. The second kappa shape index (κ2) is 7.76. The molecule has 3 nitrogen and oxygen atoms in total. The molecule has 0 aliphatic rings. The summed E-state index contributed by atoms with van der Waals surface area (Å²) >= 11 is 0. The summed E-state index contributed by atoms with van der Waals surface area (Å²) in [5, 5.41) is 2.90. The molecule has 0 aliphatic heterocycles. The van der Waals surface area contributed by atoms with Crippen molar-refractivity contribution in [2.24, 2.45) is 0 Å². The molecule has 0 radical (unpaired) electrons. The van der Waals surface area contributed by atoms with Gasteiger partial charge in [-0.05, 0) is 17.7 Å². The zero-order valence-electron chi connectivity index (χ0n) is 12.7. The van der Waals surface area contributed by atoms with Gasteiger partial charge in [-0.25, -0.2) is 0 Å². The van der Waals surface area contributed by atoms with Gasteiger partial charge in [-0.1, -0.05) is 31.8 Å². The Balaban J connectivity index is 2.34. The zero-order valence-corrected chi connectivity index (χ0v) is 13.7. The van der Waals surface area contributed by atoms with Crippen molar-refractivity contribution < 1.29 is 9.53 Å². The van der Waals surface area contributed by atoms with Crippen molar-refractivity contribution in [3.63, 3.8) is 0 Å². The number of methoxy groups -OCH3 is 1. The van der Waals surface area contributed by atoms with Crippen molar-refractivity contribution in [1.82, 2.24) is 5.32 Å². The molecule has 0 saturated carbocycles. The molecule has 0 atom stereocenters. The highest BCUT2D eigenvalue weighted by atomic mass is 28.3. The fraction of sp³-hybridized carbons (Fsp3) is 0.438. The number of benzene rings is 1. The van der Waals surface area contributed by atoms with Gasteiger partial charge in [-0.15, -0.1) is 11.5 Å². The third-order valence-electron chi connectivity index (χ3n) is 2.56. The van der Waals surface area contributed by atoms with Gasteiger partial charge < -0.3 is 10.1 Å². The number of hydrogen-bond acceptors (Lipinski definition) is 2. The molecule has 0 spiro atoms. The molecule has 108 valence electrons. The molecule has 20 heavy (non-hydrogen) atoms. The lowest BCUT2D eigenvalue weighted by Crippen LogP contribution is -2.22. The van der Waals surface area contributed by atoms with Crippen LogP contribution in [0.2, 0.25) is 19.6 Å². The van der Waals surface area contributed by atoms with Gasteiger partial charge in [-0.2, -0.15) is 0 Å². The maximum atomic E-state index is 11.7. The molecule has 0 unspecified atom stereocenters. The quantitative estimate of drug-likeness (QED) is 0.668. The fourth-order valence-corrected chi connectivity index (χ4v) is 2.23. The van der Waals surface area contributed by atoms with Crippen LogP contribution in [0.25, 0.3) is 0 Å². The van der Waals surface area contributed by atoms with Gasteiger partial charge in [0.25, 0.3) is 0 Å². The predicted molar refractivity (Wildman–Crippen MR) is 85.2 cm³/mol. The number of rotatable bonds is 5. The molecule has 0 aromatic heterocycles. The monoisotopic (exact) mass is 289 g/mol. The van der Waals surface area contributed by atoms with E-state index in [0.29, 0.717) is 19.4 Å². The van der Waals surface area contributed by atoms with Crippen molar-refractivity contribution in [2.45, 2.75) is 39.0 Å². The Morgan fingerprint density at radius 2 is 2.10 bits per heavy atom. The van der Waals surface area contributed by atoms with E-state index in [1.807, 2.05) is 24.3 Å². The van der Waals surface area contributed by atoms with E-state index in [1.165, 1.54) is 0 Å². The molecule has 1 rings (SSSR count). The Morgan fingerprint density at radius 3 is 2.75 bits per heavy atom. The van der Waals surface area contributed by atoms with Crippen molar-refractivity contribution in [3.05, 3.63) is 29.8 Å². The van der Waals surface area contributed by atoms with Crippen LogP contribution in [0.4, 0.5) is 0 Å². The van der Waals surface area contributed by atoms with E-state index in [4.69, 9.17) is 4.74 Å². The maximum Gasteiger partial charge on any atom is 0.221 e. The van der Waals surface area contributed by atoms with Crippen LogP contribution in [-0.4, -0.2) is 21.1 Å². The van der Waals surface area contributed by atoms with Gasteiger partial charge in [0.15, 0.2) is 0 Å². The largest absolute Gasteiger partial charge is 0.497 e. The summed E-state index contributed by atoms with van der Waals surface area (Å²) in [5.41, 5.74) is 4.29. The van der Waals surface area contributed by atoms with Gasteiger partial charge in [-0.3, -0.25) is 4.79 Å². The molecule has 1 aromatic rings. The Morgan fingerprint density at radius 1 is 1.35 bits per heavy atom. The lowest BCUT2D eigenvalue weighted by atomic mass is 10.2. The van der Waals surface area contributed by atoms with E-state index in [0.717, 1.165) is 11.3 Å². The Labute approximate surface area is 122 Å². The van der Waals surface area contributed by atoms with Crippen LogP contribution >= 0.6 is 0 Å². The van der Waals surface area contributed by atoms with Crippen LogP contribution in [0.5, 0.6) is 5.75 Å². The van der Waals surface area contributed by atoms with Crippen LogP contribution in [0.15, 0.2) is 24.3 Å². The molecular weight excluding hydrogens is 266 g/mol. The molecule has 0 saturated heterocycles. The highest BCUT2D eigenvalue weighted by molar-refractivity contribution is 6.83. The minimum absolute atomic E-state index is 0.0395. The molecule has 1 N–H and O–H groups in total. The van der Waals surface area contributed by atoms with E-state index < -0.39 is 8.07 Å². The minimum Gasteiger partial charge on any atom is -0.497 e. The highest BCUT2D eigenvalue weighted by Gasteiger charge is 2.07. The molecule has 1 amide bonds. The lowest BCUT2D eigenvalue weighted by Gasteiger charge is -2.06. The van der Waals surface area contributed by atoms with E-state index in [1.54, 1.807) is 7.11 Å². The van der Waals surface area contributed by atoms with Crippen LogP contribution in [0.3, 0.4) is 0 Å². The summed E-state index contributed by atoms with van der Waals surface area (Å²) in [6, 6.07) is 7.69. The molecule has 0 bridgehead atoms. The predicted octanol–water partition coefficient (Wildman–Crippen LogP) is 2.97. The third kappa shape index (κ3) is 7.00.